The minimum absolute atomic E-state index is 0.284. The number of carbonyl (C=O) groups excluding carboxylic acids is 1. The van der Waals surface area contributed by atoms with Gasteiger partial charge in [-0.25, -0.2) is 8.78 Å². The molecule has 8 heteroatoms. The quantitative estimate of drug-likeness (QED) is 0.845. The summed E-state index contributed by atoms with van der Waals surface area (Å²) in [5, 5.41) is 2.46. The molecule has 0 saturated carbocycles. The van der Waals surface area contributed by atoms with Gasteiger partial charge in [0.2, 0.25) is 0 Å². The molecule has 0 saturated heterocycles. The first-order valence-corrected chi connectivity index (χ1v) is 6.20. The first-order chi connectivity index (χ1) is 9.65. The van der Waals surface area contributed by atoms with Gasteiger partial charge in [-0.15, -0.1) is 0 Å². The number of halogens is 5. The number of carbonyl (C=O) groups is 1. The Hall–Kier alpha value is -1.86. The topological polar surface area (TPSA) is 32.3 Å². The molecule has 0 unspecified atom stereocenters. The van der Waals surface area contributed by atoms with Gasteiger partial charge in [-0.05, 0) is 19.1 Å². The highest BCUT2D eigenvalue weighted by molar-refractivity contribution is 5.94. The van der Waals surface area contributed by atoms with Crippen molar-refractivity contribution in [3.05, 3.63) is 29.3 Å². The minimum atomic E-state index is -4.40. The van der Waals surface area contributed by atoms with E-state index in [0.29, 0.717) is 0 Å². The molecule has 0 radical (unpaired) electrons. The molecule has 0 bridgehead atoms. The van der Waals surface area contributed by atoms with Gasteiger partial charge in [0.25, 0.3) is 5.91 Å². The molecule has 3 nitrogen and oxygen atoms in total. The van der Waals surface area contributed by atoms with Crippen LogP contribution in [0, 0.1) is 11.6 Å². The Morgan fingerprint density at radius 3 is 2.19 bits per heavy atom. The first kappa shape index (κ1) is 17.2. The predicted molar refractivity (Wildman–Crippen MR) is 68.2 cm³/mol. The van der Waals surface area contributed by atoms with Gasteiger partial charge in [0, 0.05) is 25.7 Å². The number of hydrogen-bond acceptors (Lipinski definition) is 2. The number of nitrogens with zero attached hydrogens (tertiary/aromatic N) is 1. The maximum Gasteiger partial charge on any atom is 0.390 e. The SMILES string of the molecule is CCNc1c(F)cc(C(=O)N(C)CCC(F)(F)F)cc1F. The van der Waals surface area contributed by atoms with Gasteiger partial charge in [-0.3, -0.25) is 4.79 Å². The van der Waals surface area contributed by atoms with Crippen molar-refractivity contribution in [3.63, 3.8) is 0 Å². The summed E-state index contributed by atoms with van der Waals surface area (Å²) in [6.07, 6.45) is -5.59. The number of amides is 1. The summed E-state index contributed by atoms with van der Waals surface area (Å²) in [6, 6.07) is 1.60. The summed E-state index contributed by atoms with van der Waals surface area (Å²) < 4.78 is 63.5. The van der Waals surface area contributed by atoms with Crippen molar-refractivity contribution in [1.82, 2.24) is 4.90 Å². The number of nitrogens with one attached hydrogen (secondary N) is 1. The lowest BCUT2D eigenvalue weighted by molar-refractivity contribution is -0.136. The predicted octanol–water partition coefficient (Wildman–Crippen LogP) is 3.42. The second-order valence-electron chi connectivity index (χ2n) is 4.44. The summed E-state index contributed by atoms with van der Waals surface area (Å²) in [5.74, 6) is -2.81. The number of anilines is 1. The van der Waals surface area contributed by atoms with Crippen molar-refractivity contribution in [2.45, 2.75) is 19.5 Å². The maximum absolute atomic E-state index is 13.6. The molecule has 21 heavy (non-hydrogen) atoms. The zero-order valence-corrected chi connectivity index (χ0v) is 11.5. The fourth-order valence-corrected chi connectivity index (χ4v) is 1.66. The van der Waals surface area contributed by atoms with Crippen LogP contribution < -0.4 is 5.32 Å². The number of benzene rings is 1. The number of rotatable bonds is 5. The van der Waals surface area contributed by atoms with E-state index in [1.807, 2.05) is 0 Å². The molecule has 0 spiro atoms. The van der Waals surface area contributed by atoms with Crippen LogP contribution in [0.4, 0.5) is 27.6 Å². The zero-order chi connectivity index (χ0) is 16.2. The van der Waals surface area contributed by atoms with E-state index in [1.54, 1.807) is 6.92 Å². The summed E-state index contributed by atoms with van der Waals surface area (Å²) in [5.41, 5.74) is -0.705. The summed E-state index contributed by atoms with van der Waals surface area (Å²) in [7, 11) is 1.14. The van der Waals surface area contributed by atoms with Crippen LogP contribution in [0.25, 0.3) is 0 Å². The Morgan fingerprint density at radius 1 is 1.24 bits per heavy atom. The molecular formula is C13H15F5N2O. The molecule has 1 aromatic rings. The first-order valence-electron chi connectivity index (χ1n) is 6.20. The fraction of sp³-hybridized carbons (Fsp3) is 0.462. The molecule has 1 aromatic carbocycles. The normalized spacial score (nSPS) is 11.4. The van der Waals surface area contributed by atoms with Crippen LogP contribution in [-0.2, 0) is 0 Å². The summed E-state index contributed by atoms with van der Waals surface area (Å²) in [4.78, 5) is 12.6. The lowest BCUT2D eigenvalue weighted by Crippen LogP contribution is -2.30. The van der Waals surface area contributed by atoms with Crippen molar-refractivity contribution in [2.75, 3.05) is 25.5 Å². The van der Waals surface area contributed by atoms with Crippen LogP contribution in [0.2, 0.25) is 0 Å². The minimum Gasteiger partial charge on any atom is -0.381 e. The zero-order valence-electron chi connectivity index (χ0n) is 11.5. The van der Waals surface area contributed by atoms with E-state index in [1.165, 1.54) is 0 Å². The van der Waals surface area contributed by atoms with E-state index in [0.717, 1.165) is 24.1 Å². The fourth-order valence-electron chi connectivity index (χ4n) is 1.66. The molecule has 0 heterocycles. The molecule has 0 atom stereocenters. The Labute approximate surface area is 118 Å². The highest BCUT2D eigenvalue weighted by Gasteiger charge is 2.28. The maximum atomic E-state index is 13.6. The molecule has 0 aliphatic rings. The van der Waals surface area contributed by atoms with E-state index in [4.69, 9.17) is 0 Å². The van der Waals surface area contributed by atoms with Gasteiger partial charge < -0.3 is 10.2 Å². The van der Waals surface area contributed by atoms with E-state index in [2.05, 4.69) is 5.32 Å². The van der Waals surface area contributed by atoms with E-state index in [9.17, 15) is 26.7 Å². The van der Waals surface area contributed by atoms with Gasteiger partial charge >= 0.3 is 6.18 Å². The standard InChI is InChI=1S/C13H15F5N2O/c1-3-19-11-9(14)6-8(7-10(11)15)12(21)20(2)5-4-13(16,17)18/h6-7,19H,3-5H2,1-2H3. The Bertz CT molecular complexity index is 493. The van der Waals surface area contributed by atoms with Crippen LogP contribution in [0.3, 0.4) is 0 Å². The number of hydrogen-bond donors (Lipinski definition) is 1. The molecule has 0 aliphatic heterocycles. The van der Waals surface area contributed by atoms with Crippen LogP contribution in [0.15, 0.2) is 12.1 Å². The molecule has 1 N–H and O–H groups in total. The average molecular weight is 310 g/mol. The number of alkyl halides is 3. The third-order valence-electron chi connectivity index (χ3n) is 2.72. The highest BCUT2D eigenvalue weighted by Crippen LogP contribution is 2.23. The van der Waals surface area contributed by atoms with E-state index in [-0.39, 0.29) is 17.8 Å². The monoisotopic (exact) mass is 310 g/mol. The molecule has 1 amide bonds. The Morgan fingerprint density at radius 2 is 1.76 bits per heavy atom. The van der Waals surface area contributed by atoms with Gasteiger partial charge in [-0.1, -0.05) is 0 Å². The van der Waals surface area contributed by atoms with Crippen molar-refractivity contribution in [1.29, 1.82) is 0 Å². The van der Waals surface area contributed by atoms with E-state index < -0.39 is 36.7 Å². The second kappa shape index (κ2) is 6.73. The summed E-state index contributed by atoms with van der Waals surface area (Å²) in [6.45, 7) is 1.34. The lowest BCUT2D eigenvalue weighted by atomic mass is 10.1. The van der Waals surface area contributed by atoms with Crippen LogP contribution in [-0.4, -0.2) is 37.1 Å². The van der Waals surface area contributed by atoms with Crippen LogP contribution in [0.1, 0.15) is 23.7 Å². The molecule has 0 aliphatic carbocycles. The molecular weight excluding hydrogens is 295 g/mol. The molecule has 118 valence electrons. The second-order valence-corrected chi connectivity index (χ2v) is 4.44. The molecule has 0 aromatic heterocycles. The van der Waals surface area contributed by atoms with Crippen molar-refractivity contribution >= 4 is 11.6 Å². The Kier molecular flexibility index (Phi) is 5.51. The lowest BCUT2D eigenvalue weighted by Gasteiger charge is -2.18. The van der Waals surface area contributed by atoms with Crippen molar-refractivity contribution in [2.24, 2.45) is 0 Å². The van der Waals surface area contributed by atoms with E-state index >= 15 is 0 Å². The van der Waals surface area contributed by atoms with Gasteiger partial charge in [0.1, 0.15) is 17.3 Å². The van der Waals surface area contributed by atoms with Crippen LogP contribution in [0.5, 0.6) is 0 Å². The molecule has 0 fully saturated rings. The molecule has 1 rings (SSSR count). The van der Waals surface area contributed by atoms with Gasteiger partial charge in [-0.2, -0.15) is 13.2 Å². The third kappa shape index (κ3) is 4.87. The smallest absolute Gasteiger partial charge is 0.381 e. The summed E-state index contributed by atoms with van der Waals surface area (Å²) >= 11 is 0. The third-order valence-corrected chi connectivity index (χ3v) is 2.72. The Balaban J connectivity index is 2.88. The average Bonchev–Trinajstić information content (AvgIpc) is 2.38. The van der Waals surface area contributed by atoms with Gasteiger partial charge in [0.05, 0.1) is 6.42 Å². The van der Waals surface area contributed by atoms with Gasteiger partial charge in [0.15, 0.2) is 0 Å². The largest absolute Gasteiger partial charge is 0.390 e. The van der Waals surface area contributed by atoms with Crippen molar-refractivity contribution < 1.29 is 26.7 Å². The highest BCUT2D eigenvalue weighted by atomic mass is 19.4. The van der Waals surface area contributed by atoms with Crippen molar-refractivity contribution in [3.8, 4) is 0 Å². The van der Waals surface area contributed by atoms with Crippen LogP contribution >= 0.6 is 0 Å².